The maximum Gasteiger partial charge on any atom is 0.247 e. The summed E-state index contributed by atoms with van der Waals surface area (Å²) in [6.07, 6.45) is 3.85. The first kappa shape index (κ1) is 16.4. The van der Waals surface area contributed by atoms with Gasteiger partial charge in [-0.05, 0) is 57.4 Å². The summed E-state index contributed by atoms with van der Waals surface area (Å²) in [5.41, 5.74) is 2.17. The van der Waals surface area contributed by atoms with Crippen LogP contribution in [0.25, 0.3) is 0 Å². The van der Waals surface area contributed by atoms with Crippen LogP contribution in [-0.4, -0.2) is 30.2 Å². The first-order chi connectivity index (χ1) is 11.6. The smallest absolute Gasteiger partial charge is 0.247 e. The minimum absolute atomic E-state index is 0.150. The average Bonchev–Trinajstić information content (AvgIpc) is 3.01. The molecular weight excluding hydrogens is 304 g/mol. The molecule has 1 aromatic heterocycles. The number of hydrogen-bond donors (Lipinski definition) is 2. The van der Waals surface area contributed by atoms with E-state index in [1.54, 1.807) is 13.0 Å². The van der Waals surface area contributed by atoms with E-state index in [0.717, 1.165) is 18.8 Å². The summed E-state index contributed by atoms with van der Waals surface area (Å²) in [5.74, 6) is 0.953. The molecular formula is C18H24N4O2. The van der Waals surface area contributed by atoms with Gasteiger partial charge in [0.2, 0.25) is 5.91 Å². The lowest BCUT2D eigenvalue weighted by Gasteiger charge is -2.29. The number of amides is 1. The summed E-state index contributed by atoms with van der Waals surface area (Å²) in [6.45, 7) is 5.86. The van der Waals surface area contributed by atoms with E-state index in [1.807, 2.05) is 19.1 Å². The molecule has 0 aliphatic carbocycles. The van der Waals surface area contributed by atoms with Crippen molar-refractivity contribution in [1.82, 2.24) is 5.16 Å². The molecule has 1 atom stereocenters. The van der Waals surface area contributed by atoms with Gasteiger partial charge in [-0.1, -0.05) is 5.16 Å². The maximum absolute atomic E-state index is 12.2. The molecule has 0 saturated carbocycles. The van der Waals surface area contributed by atoms with Gasteiger partial charge in [0.25, 0.3) is 0 Å². The molecule has 1 fully saturated rings. The number of rotatable bonds is 5. The molecule has 0 bridgehead atoms. The van der Waals surface area contributed by atoms with Crippen LogP contribution < -0.4 is 15.5 Å². The summed E-state index contributed by atoms with van der Waals surface area (Å²) in [5, 5.41) is 9.71. The molecule has 0 unspecified atom stereocenters. The van der Waals surface area contributed by atoms with Crippen LogP contribution >= 0.6 is 0 Å². The molecule has 1 aliphatic rings. The topological polar surface area (TPSA) is 70.4 Å². The van der Waals surface area contributed by atoms with Gasteiger partial charge in [0.1, 0.15) is 11.8 Å². The minimum atomic E-state index is -0.372. The van der Waals surface area contributed by atoms with E-state index in [-0.39, 0.29) is 11.9 Å². The zero-order chi connectivity index (χ0) is 16.9. The quantitative estimate of drug-likeness (QED) is 0.880. The Morgan fingerprint density at radius 1 is 1.21 bits per heavy atom. The predicted octanol–water partition coefficient (Wildman–Crippen LogP) is 3.41. The Labute approximate surface area is 142 Å². The van der Waals surface area contributed by atoms with Gasteiger partial charge in [-0.15, -0.1) is 0 Å². The maximum atomic E-state index is 12.2. The fraction of sp³-hybridized carbons (Fsp3) is 0.444. The molecule has 24 heavy (non-hydrogen) atoms. The zero-order valence-corrected chi connectivity index (χ0v) is 14.2. The highest BCUT2D eigenvalue weighted by molar-refractivity contribution is 5.95. The van der Waals surface area contributed by atoms with Gasteiger partial charge in [-0.25, -0.2) is 0 Å². The van der Waals surface area contributed by atoms with E-state index in [9.17, 15) is 4.79 Å². The number of aryl methyl sites for hydroxylation is 1. The fourth-order valence-electron chi connectivity index (χ4n) is 2.90. The number of hydrogen-bond acceptors (Lipinski definition) is 5. The van der Waals surface area contributed by atoms with E-state index < -0.39 is 0 Å². The van der Waals surface area contributed by atoms with E-state index in [0.29, 0.717) is 11.6 Å². The summed E-state index contributed by atoms with van der Waals surface area (Å²) >= 11 is 0. The number of carbonyl (C=O) groups excluding carboxylic acids is 1. The van der Waals surface area contributed by atoms with Crippen LogP contribution in [0.2, 0.25) is 0 Å². The summed E-state index contributed by atoms with van der Waals surface area (Å²) < 4.78 is 4.94. The summed E-state index contributed by atoms with van der Waals surface area (Å²) in [4.78, 5) is 14.6. The Morgan fingerprint density at radius 2 is 1.92 bits per heavy atom. The minimum Gasteiger partial charge on any atom is -0.374 e. The Bertz CT molecular complexity index is 675. The molecule has 0 spiro atoms. The normalized spacial score (nSPS) is 15.8. The second-order valence-corrected chi connectivity index (χ2v) is 6.27. The van der Waals surface area contributed by atoms with Crippen molar-refractivity contribution in [2.75, 3.05) is 28.6 Å². The number of aromatic nitrogens is 1. The first-order valence-electron chi connectivity index (χ1n) is 8.47. The molecule has 1 saturated heterocycles. The van der Waals surface area contributed by atoms with Crippen molar-refractivity contribution in [3.05, 3.63) is 36.1 Å². The van der Waals surface area contributed by atoms with Gasteiger partial charge < -0.3 is 20.1 Å². The predicted molar refractivity (Wildman–Crippen MR) is 95.5 cm³/mol. The molecule has 6 nitrogen and oxygen atoms in total. The number of piperidine rings is 1. The number of nitrogens with zero attached hydrogens (tertiary/aromatic N) is 2. The third-order valence-corrected chi connectivity index (χ3v) is 4.24. The van der Waals surface area contributed by atoms with Crippen molar-refractivity contribution in [3.8, 4) is 0 Å². The second kappa shape index (κ2) is 7.38. The highest BCUT2D eigenvalue weighted by Crippen LogP contribution is 2.22. The second-order valence-electron chi connectivity index (χ2n) is 6.27. The van der Waals surface area contributed by atoms with E-state index in [2.05, 4.69) is 32.8 Å². The highest BCUT2D eigenvalue weighted by atomic mass is 16.5. The molecule has 3 rings (SSSR count). The van der Waals surface area contributed by atoms with Crippen molar-refractivity contribution in [1.29, 1.82) is 0 Å². The molecule has 2 N–H and O–H groups in total. The first-order valence-corrected chi connectivity index (χ1v) is 8.47. The number of nitrogens with one attached hydrogen (secondary N) is 2. The fourth-order valence-corrected chi connectivity index (χ4v) is 2.90. The molecule has 1 aromatic carbocycles. The van der Waals surface area contributed by atoms with Gasteiger partial charge in [-0.3, -0.25) is 4.79 Å². The number of anilines is 3. The number of benzene rings is 1. The third kappa shape index (κ3) is 4.07. The number of carbonyl (C=O) groups is 1. The van der Waals surface area contributed by atoms with Crippen LogP contribution in [0.3, 0.4) is 0 Å². The monoisotopic (exact) mass is 328 g/mol. The lowest BCUT2D eigenvalue weighted by Crippen LogP contribution is -2.32. The summed E-state index contributed by atoms with van der Waals surface area (Å²) in [6, 6.07) is 9.58. The molecule has 1 aliphatic heterocycles. The lowest BCUT2D eigenvalue weighted by atomic mass is 10.1. The molecule has 6 heteroatoms. The van der Waals surface area contributed by atoms with E-state index >= 15 is 0 Å². The van der Waals surface area contributed by atoms with Crippen molar-refractivity contribution in [2.24, 2.45) is 0 Å². The standard InChI is InChI=1S/C18H24N4O2/c1-13-12-17(21-24-13)20-18(23)14(2)19-15-6-8-16(9-7-15)22-10-4-3-5-11-22/h6-9,12,14,19H,3-5,10-11H2,1-2H3,(H,20,21,23)/t14-/m0/s1. The Hall–Kier alpha value is -2.50. The van der Waals surface area contributed by atoms with Crippen molar-refractivity contribution in [3.63, 3.8) is 0 Å². The SMILES string of the molecule is Cc1cc(NC(=O)[C@H](C)Nc2ccc(N3CCCCC3)cc2)no1. The highest BCUT2D eigenvalue weighted by Gasteiger charge is 2.15. The van der Waals surface area contributed by atoms with Crippen LogP contribution in [0.15, 0.2) is 34.9 Å². The Morgan fingerprint density at radius 3 is 2.54 bits per heavy atom. The molecule has 1 amide bonds. The molecule has 2 aromatic rings. The van der Waals surface area contributed by atoms with Crippen LogP contribution in [-0.2, 0) is 4.79 Å². The Kier molecular flexibility index (Phi) is 5.03. The van der Waals surface area contributed by atoms with Gasteiger partial charge in [0.15, 0.2) is 5.82 Å². The molecule has 0 radical (unpaired) electrons. The van der Waals surface area contributed by atoms with Crippen LogP contribution in [0.4, 0.5) is 17.2 Å². The lowest BCUT2D eigenvalue weighted by molar-refractivity contribution is -0.116. The van der Waals surface area contributed by atoms with Gasteiger partial charge >= 0.3 is 0 Å². The molecule has 2 heterocycles. The molecule has 128 valence electrons. The Balaban J connectivity index is 1.55. The van der Waals surface area contributed by atoms with Crippen LogP contribution in [0.5, 0.6) is 0 Å². The van der Waals surface area contributed by atoms with Crippen molar-refractivity contribution in [2.45, 2.75) is 39.2 Å². The average molecular weight is 328 g/mol. The summed E-state index contributed by atoms with van der Waals surface area (Å²) in [7, 11) is 0. The third-order valence-electron chi connectivity index (χ3n) is 4.24. The van der Waals surface area contributed by atoms with Crippen LogP contribution in [0, 0.1) is 6.92 Å². The van der Waals surface area contributed by atoms with Crippen LogP contribution in [0.1, 0.15) is 31.9 Å². The van der Waals surface area contributed by atoms with Gasteiger partial charge in [-0.2, -0.15) is 0 Å². The largest absolute Gasteiger partial charge is 0.374 e. The van der Waals surface area contributed by atoms with E-state index in [1.165, 1.54) is 24.9 Å². The van der Waals surface area contributed by atoms with Gasteiger partial charge in [0.05, 0.1) is 0 Å². The zero-order valence-electron chi connectivity index (χ0n) is 14.2. The van der Waals surface area contributed by atoms with Crippen molar-refractivity contribution >= 4 is 23.1 Å². The van der Waals surface area contributed by atoms with Gasteiger partial charge in [0, 0.05) is 30.5 Å². The van der Waals surface area contributed by atoms with E-state index in [4.69, 9.17) is 4.52 Å². The van der Waals surface area contributed by atoms with Crippen molar-refractivity contribution < 1.29 is 9.32 Å².